The Morgan fingerprint density at radius 3 is 1.30 bits per heavy atom. The molecule has 0 aromatic carbocycles. The molecule has 1 rings (SSSR count). The first-order valence-electron chi connectivity index (χ1n) is 18.6. The molecule has 0 bridgehead atoms. The third-order valence-electron chi connectivity index (χ3n) is 8.77. The maximum absolute atomic E-state index is 12.6. The Morgan fingerprint density at radius 1 is 0.605 bits per heavy atom. The highest BCUT2D eigenvalue weighted by atomic mass is 16.5. The van der Waals surface area contributed by atoms with Crippen molar-refractivity contribution in [1.82, 2.24) is 4.90 Å². The van der Waals surface area contributed by atoms with E-state index in [4.69, 9.17) is 14.6 Å². The van der Waals surface area contributed by atoms with Gasteiger partial charge in [-0.25, -0.2) is 0 Å². The third-order valence-corrected chi connectivity index (χ3v) is 8.77. The Bertz CT molecular complexity index is 626. The van der Waals surface area contributed by atoms with E-state index in [2.05, 4.69) is 13.8 Å². The first-order chi connectivity index (χ1) is 21.1. The number of carbonyl (C=O) groups excluding carboxylic acids is 2. The van der Waals surface area contributed by atoms with Crippen LogP contribution < -0.4 is 0 Å². The first-order valence-corrected chi connectivity index (χ1v) is 18.6. The molecule has 0 spiro atoms. The van der Waals surface area contributed by atoms with Crippen LogP contribution in [0.4, 0.5) is 0 Å². The lowest BCUT2D eigenvalue weighted by molar-refractivity contribution is -0.149. The lowest BCUT2D eigenvalue weighted by atomic mass is 10.0. The van der Waals surface area contributed by atoms with E-state index in [-0.39, 0.29) is 24.5 Å². The summed E-state index contributed by atoms with van der Waals surface area (Å²) >= 11 is 0. The van der Waals surface area contributed by atoms with E-state index >= 15 is 0 Å². The third kappa shape index (κ3) is 28.9. The quantitative estimate of drug-likeness (QED) is 0.0518. The van der Waals surface area contributed by atoms with Crippen molar-refractivity contribution >= 4 is 18.3 Å². The maximum atomic E-state index is 12.6. The number of likely N-dealkylation sites (tertiary alicyclic amines) is 1. The SMILES string of the molecule is CCCCCCCCCCCCCCCC(=O)OC1CCN(C(=O)CCCCCCCCCCCCCCC)C1.O=CO. The van der Waals surface area contributed by atoms with Crippen molar-refractivity contribution in [3.05, 3.63) is 0 Å². The predicted octanol–water partition coefficient (Wildman–Crippen LogP) is 10.8. The van der Waals surface area contributed by atoms with Crippen molar-refractivity contribution in [2.24, 2.45) is 0 Å². The molecule has 1 N–H and O–H groups in total. The molecule has 254 valence electrons. The van der Waals surface area contributed by atoms with Crippen molar-refractivity contribution in [3.8, 4) is 0 Å². The maximum Gasteiger partial charge on any atom is 0.306 e. The van der Waals surface area contributed by atoms with Gasteiger partial charge in [0.05, 0.1) is 6.54 Å². The number of hydrogen-bond acceptors (Lipinski definition) is 4. The van der Waals surface area contributed by atoms with E-state index in [9.17, 15) is 9.59 Å². The summed E-state index contributed by atoms with van der Waals surface area (Å²) < 4.78 is 5.69. The van der Waals surface area contributed by atoms with Gasteiger partial charge in [0.25, 0.3) is 6.47 Å². The number of hydrogen-bond donors (Lipinski definition) is 1. The minimum Gasteiger partial charge on any atom is -0.483 e. The van der Waals surface area contributed by atoms with Crippen LogP contribution in [0.25, 0.3) is 0 Å². The van der Waals surface area contributed by atoms with E-state index in [0.29, 0.717) is 19.4 Å². The molecular weight excluding hydrogens is 538 g/mol. The highest BCUT2D eigenvalue weighted by molar-refractivity contribution is 5.76. The monoisotopic (exact) mass is 610 g/mol. The highest BCUT2D eigenvalue weighted by Crippen LogP contribution is 2.18. The second-order valence-electron chi connectivity index (χ2n) is 12.8. The molecule has 6 heteroatoms. The van der Waals surface area contributed by atoms with Crippen LogP contribution in [0.3, 0.4) is 0 Å². The van der Waals surface area contributed by atoms with Gasteiger partial charge in [-0.2, -0.15) is 0 Å². The Hall–Kier alpha value is -1.59. The number of rotatable bonds is 29. The molecule has 0 aromatic heterocycles. The van der Waals surface area contributed by atoms with Gasteiger partial charge < -0.3 is 14.7 Å². The zero-order valence-corrected chi connectivity index (χ0v) is 28.6. The number of nitrogens with zero attached hydrogens (tertiary/aromatic N) is 1. The largest absolute Gasteiger partial charge is 0.483 e. The van der Waals surface area contributed by atoms with Gasteiger partial charge in [-0.15, -0.1) is 0 Å². The number of unbranched alkanes of at least 4 members (excludes halogenated alkanes) is 24. The van der Waals surface area contributed by atoms with Crippen LogP contribution in [-0.2, 0) is 19.1 Å². The van der Waals surface area contributed by atoms with Crippen LogP contribution in [0, 0.1) is 0 Å². The van der Waals surface area contributed by atoms with E-state index in [1.807, 2.05) is 4.90 Å². The molecule has 0 aliphatic carbocycles. The number of carboxylic acid groups (broad SMARTS) is 1. The molecule has 1 aliphatic heterocycles. The van der Waals surface area contributed by atoms with Crippen molar-refractivity contribution < 1.29 is 24.2 Å². The van der Waals surface area contributed by atoms with Gasteiger partial charge in [0, 0.05) is 25.8 Å². The van der Waals surface area contributed by atoms with Gasteiger partial charge in [-0.05, 0) is 12.8 Å². The normalized spacial score (nSPS) is 14.4. The summed E-state index contributed by atoms with van der Waals surface area (Å²) in [4.78, 5) is 35.1. The summed E-state index contributed by atoms with van der Waals surface area (Å²) in [6.07, 6.45) is 36.2. The summed E-state index contributed by atoms with van der Waals surface area (Å²) in [5, 5.41) is 6.89. The molecular formula is C37H71NO5. The lowest BCUT2D eigenvalue weighted by Gasteiger charge is -2.16. The summed E-state index contributed by atoms with van der Waals surface area (Å²) in [6, 6.07) is 0. The average molecular weight is 610 g/mol. The topological polar surface area (TPSA) is 83.9 Å². The number of amides is 1. The number of esters is 1. The number of carbonyl (C=O) groups is 3. The molecule has 1 saturated heterocycles. The molecule has 1 heterocycles. The van der Waals surface area contributed by atoms with Crippen molar-refractivity contribution in [2.45, 2.75) is 206 Å². The van der Waals surface area contributed by atoms with Crippen LogP contribution in [-0.4, -0.2) is 47.5 Å². The zero-order chi connectivity index (χ0) is 31.6. The van der Waals surface area contributed by atoms with Crippen molar-refractivity contribution in [3.63, 3.8) is 0 Å². The van der Waals surface area contributed by atoms with E-state index in [1.54, 1.807) is 0 Å². The van der Waals surface area contributed by atoms with Gasteiger partial charge in [0.1, 0.15) is 6.10 Å². The van der Waals surface area contributed by atoms with E-state index < -0.39 is 0 Å². The molecule has 1 atom stereocenters. The molecule has 43 heavy (non-hydrogen) atoms. The molecule has 1 fully saturated rings. The second kappa shape index (κ2) is 33.3. The molecule has 0 aromatic rings. The molecule has 6 nitrogen and oxygen atoms in total. The molecule has 1 amide bonds. The van der Waals surface area contributed by atoms with Gasteiger partial charge in [-0.3, -0.25) is 14.4 Å². The fourth-order valence-corrected chi connectivity index (χ4v) is 6.03. The standard InChI is InChI=1S/C36H69NO3.CH2O2/c1-3-5-7-9-11-13-15-17-19-21-23-25-27-29-35(38)37-32-31-34(33-37)40-36(39)30-28-26-24-22-20-18-16-14-12-10-8-6-4-2;2-1-3/h34H,3-33H2,1-2H3;1H,(H,2,3). The van der Waals surface area contributed by atoms with Crippen LogP contribution in [0.1, 0.15) is 200 Å². The Balaban J connectivity index is 0.00000562. The van der Waals surface area contributed by atoms with Gasteiger partial charge in [0.2, 0.25) is 5.91 Å². The van der Waals surface area contributed by atoms with Crippen LogP contribution in [0.2, 0.25) is 0 Å². The molecule has 1 unspecified atom stereocenters. The fraction of sp³-hybridized carbons (Fsp3) is 0.919. The van der Waals surface area contributed by atoms with Crippen molar-refractivity contribution in [2.75, 3.05) is 13.1 Å². The summed E-state index contributed by atoms with van der Waals surface area (Å²) in [5.74, 6) is 0.178. The van der Waals surface area contributed by atoms with Gasteiger partial charge in [-0.1, -0.05) is 168 Å². The first kappa shape index (κ1) is 41.4. The Morgan fingerprint density at radius 2 is 0.930 bits per heavy atom. The van der Waals surface area contributed by atoms with E-state index in [0.717, 1.165) is 38.6 Å². The number of ether oxygens (including phenoxy) is 1. The summed E-state index contributed by atoms with van der Waals surface area (Å²) in [5.41, 5.74) is 0. The van der Waals surface area contributed by atoms with Gasteiger partial charge >= 0.3 is 5.97 Å². The van der Waals surface area contributed by atoms with E-state index in [1.165, 1.54) is 141 Å². The van der Waals surface area contributed by atoms with Crippen molar-refractivity contribution in [1.29, 1.82) is 0 Å². The predicted molar refractivity (Wildman–Crippen MR) is 180 cm³/mol. The molecule has 0 saturated carbocycles. The average Bonchev–Trinajstić information content (AvgIpc) is 3.46. The smallest absolute Gasteiger partial charge is 0.306 e. The highest BCUT2D eigenvalue weighted by Gasteiger charge is 2.28. The fourth-order valence-electron chi connectivity index (χ4n) is 6.03. The van der Waals surface area contributed by atoms with Crippen LogP contribution in [0.5, 0.6) is 0 Å². The molecule has 1 aliphatic rings. The van der Waals surface area contributed by atoms with Crippen LogP contribution >= 0.6 is 0 Å². The minimum atomic E-state index is -0.250. The van der Waals surface area contributed by atoms with Gasteiger partial charge in [0.15, 0.2) is 0 Å². The van der Waals surface area contributed by atoms with Crippen LogP contribution in [0.15, 0.2) is 0 Å². The lowest BCUT2D eigenvalue weighted by Crippen LogP contribution is -2.30. The zero-order valence-electron chi connectivity index (χ0n) is 28.6. The minimum absolute atomic E-state index is 0.0705. The Labute approximate surface area is 266 Å². The summed E-state index contributed by atoms with van der Waals surface area (Å²) in [7, 11) is 0. The molecule has 0 radical (unpaired) electrons. The summed E-state index contributed by atoms with van der Waals surface area (Å²) in [6.45, 7) is 5.64. The Kier molecular flexibility index (Phi) is 32.1. The second-order valence-corrected chi connectivity index (χ2v) is 12.8.